The van der Waals surface area contributed by atoms with Gasteiger partial charge in [0, 0.05) is 11.9 Å². The minimum absolute atomic E-state index is 0.253. The SMILES string of the molecule is CCCCCCNCc1csc(CNC(=O)COc2ccc(OC(F)(F)F)cc2)n1. The summed E-state index contributed by atoms with van der Waals surface area (Å²) in [5.41, 5.74) is 0.942. The van der Waals surface area contributed by atoms with E-state index in [0.717, 1.165) is 35.8 Å². The molecule has 0 bridgehead atoms. The quantitative estimate of drug-likeness (QED) is 0.447. The van der Waals surface area contributed by atoms with Crippen molar-refractivity contribution in [2.45, 2.75) is 52.1 Å². The smallest absolute Gasteiger partial charge is 0.484 e. The van der Waals surface area contributed by atoms with Gasteiger partial charge in [0.05, 0.1) is 12.2 Å². The number of unbranched alkanes of at least 4 members (excludes halogenated alkanes) is 3. The molecule has 0 spiro atoms. The third kappa shape index (κ3) is 9.93. The van der Waals surface area contributed by atoms with Gasteiger partial charge < -0.3 is 20.1 Å². The second-order valence-electron chi connectivity index (χ2n) is 6.55. The standard InChI is InChI=1S/C20H26F3N3O3S/c1-2-3-4-5-10-24-11-15-14-30-19(26-15)12-25-18(27)13-28-16-6-8-17(9-7-16)29-20(21,22)23/h6-9,14,24H,2-5,10-13H2,1H3,(H,25,27). The number of alkyl halides is 3. The van der Waals surface area contributed by atoms with Crippen LogP contribution in [-0.4, -0.2) is 30.4 Å². The Bertz CT molecular complexity index is 767. The highest BCUT2D eigenvalue weighted by Gasteiger charge is 2.30. The van der Waals surface area contributed by atoms with Gasteiger partial charge in [-0.2, -0.15) is 0 Å². The maximum atomic E-state index is 12.1. The molecule has 0 unspecified atom stereocenters. The normalized spacial score (nSPS) is 11.3. The van der Waals surface area contributed by atoms with Gasteiger partial charge in [-0.05, 0) is 37.2 Å². The van der Waals surface area contributed by atoms with Crippen molar-refractivity contribution < 1.29 is 27.4 Å². The summed E-state index contributed by atoms with van der Waals surface area (Å²) in [4.78, 5) is 16.4. The molecule has 0 aliphatic carbocycles. The van der Waals surface area contributed by atoms with Crippen LogP contribution in [0.15, 0.2) is 29.6 Å². The first kappa shape index (κ1) is 23.9. The van der Waals surface area contributed by atoms with Gasteiger partial charge in [-0.1, -0.05) is 26.2 Å². The first-order valence-electron chi connectivity index (χ1n) is 9.75. The second-order valence-corrected chi connectivity index (χ2v) is 7.50. The van der Waals surface area contributed by atoms with Crippen molar-refractivity contribution in [1.82, 2.24) is 15.6 Å². The molecule has 0 aliphatic heterocycles. The molecule has 2 rings (SSSR count). The lowest BCUT2D eigenvalue weighted by atomic mass is 10.2. The average Bonchev–Trinajstić information content (AvgIpc) is 3.15. The summed E-state index contributed by atoms with van der Waals surface area (Å²) in [6.45, 7) is 3.89. The number of hydrogen-bond donors (Lipinski definition) is 2. The highest BCUT2D eigenvalue weighted by atomic mass is 32.1. The first-order valence-corrected chi connectivity index (χ1v) is 10.6. The van der Waals surface area contributed by atoms with Gasteiger partial charge in [-0.3, -0.25) is 4.79 Å². The molecule has 1 heterocycles. The Morgan fingerprint density at radius 1 is 1.10 bits per heavy atom. The molecular weight excluding hydrogens is 419 g/mol. The Hall–Kier alpha value is -2.33. The van der Waals surface area contributed by atoms with E-state index >= 15 is 0 Å². The number of halogens is 3. The Morgan fingerprint density at radius 3 is 2.53 bits per heavy atom. The molecule has 1 aromatic carbocycles. The van der Waals surface area contributed by atoms with Gasteiger partial charge in [0.15, 0.2) is 6.61 Å². The average molecular weight is 446 g/mol. The molecule has 6 nitrogen and oxygen atoms in total. The van der Waals surface area contributed by atoms with E-state index in [4.69, 9.17) is 4.74 Å². The van der Waals surface area contributed by atoms with Crippen molar-refractivity contribution in [2.75, 3.05) is 13.2 Å². The maximum Gasteiger partial charge on any atom is 0.573 e. The van der Waals surface area contributed by atoms with E-state index < -0.39 is 6.36 Å². The number of ether oxygens (including phenoxy) is 2. The molecule has 2 aromatic rings. The number of rotatable bonds is 13. The molecule has 30 heavy (non-hydrogen) atoms. The van der Waals surface area contributed by atoms with Gasteiger partial charge in [-0.15, -0.1) is 24.5 Å². The molecule has 0 radical (unpaired) electrons. The number of amides is 1. The predicted octanol–water partition coefficient (Wildman–Crippen LogP) is 4.41. The fraction of sp³-hybridized carbons (Fsp3) is 0.500. The molecule has 0 saturated carbocycles. The van der Waals surface area contributed by atoms with Crippen LogP contribution in [0.2, 0.25) is 0 Å². The fourth-order valence-corrected chi connectivity index (χ4v) is 3.25. The summed E-state index contributed by atoms with van der Waals surface area (Å²) in [7, 11) is 0. The van der Waals surface area contributed by atoms with Crippen molar-refractivity contribution in [1.29, 1.82) is 0 Å². The van der Waals surface area contributed by atoms with Crippen molar-refractivity contribution >= 4 is 17.2 Å². The van der Waals surface area contributed by atoms with Crippen molar-refractivity contribution in [3.63, 3.8) is 0 Å². The topological polar surface area (TPSA) is 72.5 Å². The molecule has 0 saturated heterocycles. The molecule has 166 valence electrons. The van der Waals surface area contributed by atoms with E-state index in [1.165, 1.54) is 42.7 Å². The monoisotopic (exact) mass is 445 g/mol. The zero-order chi connectivity index (χ0) is 21.8. The first-order chi connectivity index (χ1) is 14.4. The molecule has 10 heteroatoms. The van der Waals surface area contributed by atoms with Crippen molar-refractivity contribution in [3.05, 3.63) is 40.3 Å². The van der Waals surface area contributed by atoms with E-state index in [-0.39, 0.29) is 24.0 Å². The van der Waals surface area contributed by atoms with Gasteiger partial charge in [0.2, 0.25) is 0 Å². The van der Waals surface area contributed by atoms with Gasteiger partial charge >= 0.3 is 6.36 Å². The van der Waals surface area contributed by atoms with E-state index in [1.807, 2.05) is 5.38 Å². The van der Waals surface area contributed by atoms with Crippen molar-refractivity contribution in [3.8, 4) is 11.5 Å². The molecule has 0 aliphatic rings. The Kier molecular flexibility index (Phi) is 9.88. The minimum atomic E-state index is -4.75. The fourth-order valence-electron chi connectivity index (χ4n) is 2.52. The zero-order valence-corrected chi connectivity index (χ0v) is 17.6. The number of nitrogens with one attached hydrogen (secondary N) is 2. The number of benzene rings is 1. The molecule has 2 N–H and O–H groups in total. The van der Waals surface area contributed by atoms with Gasteiger partial charge in [0.25, 0.3) is 5.91 Å². The lowest BCUT2D eigenvalue weighted by Crippen LogP contribution is -2.28. The third-order valence-corrected chi connectivity index (χ3v) is 4.87. The third-order valence-electron chi connectivity index (χ3n) is 3.98. The molecule has 1 aromatic heterocycles. The summed E-state index contributed by atoms with van der Waals surface area (Å²) in [5, 5.41) is 8.82. The van der Waals surface area contributed by atoms with E-state index in [0.29, 0.717) is 13.1 Å². The van der Waals surface area contributed by atoms with Crippen molar-refractivity contribution in [2.24, 2.45) is 0 Å². The van der Waals surface area contributed by atoms with Crippen LogP contribution in [0, 0.1) is 0 Å². The molecular formula is C20H26F3N3O3S. The Labute approximate surface area is 177 Å². The maximum absolute atomic E-state index is 12.1. The molecule has 1 amide bonds. The van der Waals surface area contributed by atoms with Crippen LogP contribution in [0.5, 0.6) is 11.5 Å². The number of thiazole rings is 1. The number of carbonyl (C=O) groups is 1. The second kappa shape index (κ2) is 12.4. The van der Waals surface area contributed by atoms with Crippen LogP contribution in [0.3, 0.4) is 0 Å². The largest absolute Gasteiger partial charge is 0.573 e. The summed E-state index contributed by atoms with van der Waals surface area (Å²) in [6, 6.07) is 4.85. The lowest BCUT2D eigenvalue weighted by molar-refractivity contribution is -0.274. The number of hydrogen-bond acceptors (Lipinski definition) is 6. The summed E-state index contributed by atoms with van der Waals surface area (Å²) >= 11 is 1.47. The summed E-state index contributed by atoms with van der Waals surface area (Å²) in [5.74, 6) is -0.438. The number of carbonyl (C=O) groups excluding carboxylic acids is 1. The zero-order valence-electron chi connectivity index (χ0n) is 16.8. The summed E-state index contributed by atoms with van der Waals surface area (Å²) < 4.78 is 45.4. The van der Waals surface area contributed by atoms with E-state index in [9.17, 15) is 18.0 Å². The van der Waals surface area contributed by atoms with Gasteiger partial charge in [-0.25, -0.2) is 4.98 Å². The van der Waals surface area contributed by atoms with E-state index in [2.05, 4.69) is 27.3 Å². The van der Waals surface area contributed by atoms with Gasteiger partial charge in [0.1, 0.15) is 16.5 Å². The number of nitrogens with zero attached hydrogens (tertiary/aromatic N) is 1. The van der Waals surface area contributed by atoms with Crippen LogP contribution in [0.25, 0.3) is 0 Å². The predicted molar refractivity (Wildman–Crippen MR) is 108 cm³/mol. The van der Waals surface area contributed by atoms with Crippen LogP contribution < -0.4 is 20.1 Å². The van der Waals surface area contributed by atoms with Crippen LogP contribution in [0.1, 0.15) is 43.3 Å². The molecule has 0 atom stereocenters. The summed E-state index contributed by atoms with van der Waals surface area (Å²) in [6.07, 6.45) is 0.103. The Morgan fingerprint density at radius 2 is 1.83 bits per heavy atom. The highest BCUT2D eigenvalue weighted by Crippen LogP contribution is 2.24. The minimum Gasteiger partial charge on any atom is -0.484 e. The van der Waals surface area contributed by atoms with Crippen LogP contribution in [0.4, 0.5) is 13.2 Å². The molecule has 0 fully saturated rings. The Balaban J connectivity index is 1.63. The van der Waals surface area contributed by atoms with Crippen LogP contribution in [-0.2, 0) is 17.9 Å². The van der Waals surface area contributed by atoms with Crippen LogP contribution >= 0.6 is 11.3 Å². The number of aromatic nitrogens is 1. The highest BCUT2D eigenvalue weighted by molar-refractivity contribution is 7.09. The van der Waals surface area contributed by atoms with E-state index in [1.54, 1.807) is 0 Å². The lowest BCUT2D eigenvalue weighted by Gasteiger charge is -2.10.